The number of primary amides is 1. The molecule has 0 radical (unpaired) electrons. The maximum absolute atomic E-state index is 8.58. The summed E-state index contributed by atoms with van der Waals surface area (Å²) in [5.74, 6) is 5.00. The molecule has 1 aromatic heterocycles. The van der Waals surface area contributed by atoms with Crippen LogP contribution in [0, 0.1) is 18.3 Å². The van der Waals surface area contributed by atoms with Crippen molar-refractivity contribution in [2.24, 2.45) is 11.7 Å². The molecule has 1 saturated carbocycles. The number of aromatic nitrogens is 2. The minimum absolute atomic E-state index is 0.114. The van der Waals surface area contributed by atoms with Crippen LogP contribution in [-0.4, -0.2) is 36.6 Å². The lowest BCUT2D eigenvalue weighted by Gasteiger charge is -2.28. The summed E-state index contributed by atoms with van der Waals surface area (Å²) in [6.07, 6.45) is 13.5. The zero-order valence-corrected chi connectivity index (χ0v) is 19.4. The maximum Gasteiger partial charge on any atom is 0.223 e. The first-order valence-corrected chi connectivity index (χ1v) is 10.7. The number of methoxy groups -OCH3 is 2. The van der Waals surface area contributed by atoms with Crippen LogP contribution in [0.4, 0.5) is 5.95 Å². The summed E-state index contributed by atoms with van der Waals surface area (Å²) in [4.78, 5) is 17.3. The second kappa shape index (κ2) is 12.8. The molecule has 0 bridgehead atoms. The molecule has 1 heterocycles. The van der Waals surface area contributed by atoms with Crippen LogP contribution in [0.25, 0.3) is 0 Å². The minimum Gasteiger partial charge on any atom is -0.495 e. The molecule has 1 amide bonds. The Bertz CT molecular complexity index is 907. The first-order chi connectivity index (χ1) is 15.5. The van der Waals surface area contributed by atoms with Gasteiger partial charge in [0.1, 0.15) is 18.1 Å². The molecular weight excluding hydrogens is 455 g/mol. The van der Waals surface area contributed by atoms with E-state index in [-0.39, 0.29) is 25.0 Å². The summed E-state index contributed by atoms with van der Waals surface area (Å²) in [7, 11) is 3.05. The van der Waals surface area contributed by atoms with E-state index in [0.717, 1.165) is 19.3 Å². The number of amides is 1. The molecule has 0 aliphatic heterocycles. The minimum atomic E-state index is 0.114. The van der Waals surface area contributed by atoms with E-state index in [1.807, 2.05) is 0 Å². The Morgan fingerprint density at radius 1 is 1.19 bits per heavy atom. The van der Waals surface area contributed by atoms with Crippen molar-refractivity contribution in [2.45, 2.75) is 38.3 Å². The van der Waals surface area contributed by atoms with Crippen LogP contribution in [-0.2, 0) is 11.4 Å². The highest BCUT2D eigenvalue weighted by atomic mass is 35.5. The number of nitrogens with one attached hydrogen (secondary N) is 1. The zero-order chi connectivity index (χ0) is 23.5. The number of ether oxygens (including phenoxy) is 3. The van der Waals surface area contributed by atoms with Crippen LogP contribution in [0.5, 0.6) is 17.2 Å². The molecule has 1 aliphatic carbocycles. The summed E-state index contributed by atoms with van der Waals surface area (Å²) in [6, 6.07) is 1.83. The number of hydrogen-bond acceptors (Lipinski definition) is 7. The van der Waals surface area contributed by atoms with E-state index in [9.17, 15) is 0 Å². The molecular formula is C22H26Cl2N4O4. The number of rotatable bonds is 7. The van der Waals surface area contributed by atoms with E-state index >= 15 is 0 Å². The lowest BCUT2D eigenvalue weighted by atomic mass is 9.85. The van der Waals surface area contributed by atoms with Crippen LogP contribution < -0.4 is 25.3 Å². The summed E-state index contributed by atoms with van der Waals surface area (Å²) in [5, 5.41) is 4.08. The molecule has 0 spiro atoms. The second-order valence-corrected chi connectivity index (χ2v) is 7.62. The third kappa shape index (κ3) is 6.55. The molecule has 2 unspecified atom stereocenters. The fourth-order valence-corrected chi connectivity index (χ4v) is 3.96. The Kier molecular flexibility index (Phi) is 10.2. The molecule has 2 aromatic rings. The summed E-state index contributed by atoms with van der Waals surface area (Å²) in [6.45, 7) is 0.114. The molecule has 1 aliphatic rings. The highest BCUT2D eigenvalue weighted by Crippen LogP contribution is 2.40. The Hall–Kier alpha value is -2.89. The third-order valence-corrected chi connectivity index (χ3v) is 5.80. The van der Waals surface area contributed by atoms with Gasteiger partial charge in [0.25, 0.3) is 0 Å². The Balaban J connectivity index is 0.00000114. The van der Waals surface area contributed by atoms with Gasteiger partial charge in [-0.25, -0.2) is 9.97 Å². The number of nitrogens with zero attached hydrogens (tertiary/aromatic N) is 2. The molecule has 1 fully saturated rings. The lowest BCUT2D eigenvalue weighted by molar-refractivity contribution is -0.106. The predicted octanol–water partition coefficient (Wildman–Crippen LogP) is 4.09. The van der Waals surface area contributed by atoms with E-state index in [1.54, 1.807) is 18.5 Å². The van der Waals surface area contributed by atoms with Gasteiger partial charge in [-0.1, -0.05) is 36.0 Å². The van der Waals surface area contributed by atoms with Gasteiger partial charge in [0.2, 0.25) is 12.4 Å². The molecule has 0 saturated heterocycles. The topological polar surface area (TPSA) is 109 Å². The van der Waals surface area contributed by atoms with E-state index < -0.39 is 0 Å². The quantitative estimate of drug-likeness (QED) is 0.453. The van der Waals surface area contributed by atoms with Crippen molar-refractivity contribution in [2.75, 3.05) is 19.5 Å². The molecule has 3 N–H and O–H groups in total. The van der Waals surface area contributed by atoms with Gasteiger partial charge < -0.3 is 25.3 Å². The van der Waals surface area contributed by atoms with Gasteiger partial charge in [0.15, 0.2) is 5.75 Å². The Morgan fingerprint density at radius 3 is 2.28 bits per heavy atom. The van der Waals surface area contributed by atoms with Crippen molar-refractivity contribution in [3.05, 3.63) is 34.1 Å². The van der Waals surface area contributed by atoms with Crippen LogP contribution in [0.2, 0.25) is 10.0 Å². The molecule has 2 atom stereocenters. The number of carbonyl (C=O) groups excluding carboxylic acids is 1. The van der Waals surface area contributed by atoms with E-state index in [0.29, 0.717) is 38.8 Å². The standard InChI is InChI=1S/C21H23Cl2N3O3.CH3NO/c1-4-13-7-5-6-8-16(13)26-21-24-10-14(11-25-21)29-12-15-19(22)17(27-2)9-18(28-3)20(15)23;2-1-3/h1,9-11,13,16H,5-8,12H2,2-3H3,(H,24,25,26);1H,(H2,2,3). The molecule has 172 valence electrons. The number of nitrogens with two attached hydrogens (primary N) is 1. The van der Waals surface area contributed by atoms with E-state index in [1.165, 1.54) is 20.6 Å². The number of terminal acetylenes is 1. The van der Waals surface area contributed by atoms with Gasteiger partial charge >= 0.3 is 0 Å². The highest BCUT2D eigenvalue weighted by molar-refractivity contribution is 6.37. The van der Waals surface area contributed by atoms with Crippen molar-refractivity contribution >= 4 is 35.6 Å². The zero-order valence-electron chi connectivity index (χ0n) is 17.9. The van der Waals surface area contributed by atoms with E-state index in [4.69, 9.17) is 48.6 Å². The number of hydrogen-bond donors (Lipinski definition) is 2. The van der Waals surface area contributed by atoms with E-state index in [2.05, 4.69) is 26.9 Å². The van der Waals surface area contributed by atoms with Gasteiger partial charge in [-0.15, -0.1) is 12.3 Å². The smallest absolute Gasteiger partial charge is 0.223 e. The molecule has 1 aromatic carbocycles. The molecule has 3 rings (SSSR count). The predicted molar refractivity (Wildman–Crippen MR) is 124 cm³/mol. The van der Waals surface area contributed by atoms with Crippen molar-refractivity contribution in [3.8, 4) is 29.6 Å². The second-order valence-electron chi connectivity index (χ2n) is 6.86. The lowest BCUT2D eigenvalue weighted by Crippen LogP contribution is -2.31. The normalized spacial score (nSPS) is 17.2. The fraction of sp³-hybridized carbons (Fsp3) is 0.409. The van der Waals surface area contributed by atoms with Crippen LogP contribution in [0.3, 0.4) is 0 Å². The van der Waals surface area contributed by atoms with Crippen LogP contribution in [0.1, 0.15) is 31.2 Å². The number of halogens is 2. The van der Waals surface area contributed by atoms with Gasteiger partial charge in [-0.3, -0.25) is 4.79 Å². The molecule has 8 nitrogen and oxygen atoms in total. The number of benzene rings is 1. The summed E-state index contributed by atoms with van der Waals surface area (Å²) in [5.41, 5.74) is 4.73. The van der Waals surface area contributed by atoms with Crippen molar-refractivity contribution < 1.29 is 19.0 Å². The van der Waals surface area contributed by atoms with Gasteiger partial charge in [-0.05, 0) is 12.8 Å². The monoisotopic (exact) mass is 480 g/mol. The molecule has 32 heavy (non-hydrogen) atoms. The van der Waals surface area contributed by atoms with Gasteiger partial charge in [0, 0.05) is 23.6 Å². The number of anilines is 1. The SMILES string of the molecule is C#CC1CCCCC1Nc1ncc(OCc2c(Cl)c(OC)cc(OC)c2Cl)cn1.NC=O. The molecule has 10 heteroatoms. The average Bonchev–Trinajstić information content (AvgIpc) is 2.81. The summed E-state index contributed by atoms with van der Waals surface area (Å²) < 4.78 is 16.3. The van der Waals surface area contributed by atoms with Crippen molar-refractivity contribution in [1.82, 2.24) is 9.97 Å². The first-order valence-electron chi connectivity index (χ1n) is 9.90. The third-order valence-electron chi connectivity index (χ3n) is 4.97. The van der Waals surface area contributed by atoms with Gasteiger partial charge in [-0.2, -0.15) is 0 Å². The van der Waals surface area contributed by atoms with Crippen LogP contribution >= 0.6 is 23.2 Å². The fourth-order valence-electron chi connectivity index (χ4n) is 3.35. The highest BCUT2D eigenvalue weighted by Gasteiger charge is 2.24. The average molecular weight is 481 g/mol. The number of carbonyl (C=O) groups is 1. The Labute approximate surface area is 197 Å². The summed E-state index contributed by atoms with van der Waals surface area (Å²) >= 11 is 12.7. The Morgan fingerprint density at radius 2 is 1.75 bits per heavy atom. The van der Waals surface area contributed by atoms with Crippen molar-refractivity contribution in [3.63, 3.8) is 0 Å². The first kappa shape index (κ1) is 25.4. The van der Waals surface area contributed by atoms with Crippen molar-refractivity contribution in [1.29, 1.82) is 0 Å². The van der Waals surface area contributed by atoms with Gasteiger partial charge in [0.05, 0.1) is 36.7 Å². The largest absolute Gasteiger partial charge is 0.495 e. The van der Waals surface area contributed by atoms with Crippen LogP contribution in [0.15, 0.2) is 18.5 Å². The maximum atomic E-state index is 8.58.